The number of benzene rings is 2. The van der Waals surface area contributed by atoms with Crippen LogP contribution < -0.4 is 0 Å². The first-order valence-electron chi connectivity index (χ1n) is 11.3. The first-order valence-corrected chi connectivity index (χ1v) is 11.3. The molecule has 0 saturated heterocycles. The summed E-state index contributed by atoms with van der Waals surface area (Å²) in [5, 5.41) is 29.4. The highest BCUT2D eigenvalue weighted by molar-refractivity contribution is 5.55. The first-order chi connectivity index (χ1) is 15.2. The van der Waals surface area contributed by atoms with Crippen LogP contribution >= 0.6 is 0 Å². The highest BCUT2D eigenvalue weighted by atomic mass is 16.3. The molecule has 0 heterocycles. The van der Waals surface area contributed by atoms with Gasteiger partial charge in [-0.2, -0.15) is 0 Å². The standard InChI is InChI=1S/C29H32O3/c1-28(2,21-8-14-25(30)15-9-21)20-4-6-22(7-5-20)29(3,23-10-16-26(31)17-11-23)24-12-18-27(32)19-13-24/h4,6-18,20,27,30-32H,5,19H2,1-3H3. The second-order valence-corrected chi connectivity index (χ2v) is 9.62. The molecule has 3 N–H and O–H groups in total. The van der Waals surface area contributed by atoms with Crippen molar-refractivity contribution in [1.82, 2.24) is 0 Å². The van der Waals surface area contributed by atoms with E-state index in [-0.39, 0.29) is 22.3 Å². The van der Waals surface area contributed by atoms with Gasteiger partial charge in [0, 0.05) is 5.41 Å². The van der Waals surface area contributed by atoms with Gasteiger partial charge in [0.1, 0.15) is 11.5 Å². The fourth-order valence-electron chi connectivity index (χ4n) is 4.91. The van der Waals surface area contributed by atoms with E-state index in [4.69, 9.17) is 0 Å². The van der Waals surface area contributed by atoms with E-state index in [9.17, 15) is 15.3 Å². The molecule has 3 nitrogen and oxygen atoms in total. The number of phenolic OH excluding ortho intramolecular Hbond substituents is 2. The van der Waals surface area contributed by atoms with Crippen LogP contribution in [0.2, 0.25) is 0 Å². The SMILES string of the molecule is CC(C1=CCC(O)C=C1)(C1=CCC(C(C)(C)c2ccc(O)cc2)C=C1)c1ccc(O)cc1. The van der Waals surface area contributed by atoms with Crippen LogP contribution in [0.15, 0.2) is 96.1 Å². The van der Waals surface area contributed by atoms with Crippen molar-refractivity contribution in [3.05, 3.63) is 107 Å². The van der Waals surface area contributed by atoms with Crippen molar-refractivity contribution < 1.29 is 15.3 Å². The Kier molecular flexibility index (Phi) is 5.87. The Hall–Kier alpha value is -3.04. The molecule has 0 saturated carbocycles. The molecule has 3 atom stereocenters. The molecule has 0 amide bonds. The average molecular weight is 429 g/mol. The zero-order valence-electron chi connectivity index (χ0n) is 19.0. The Balaban J connectivity index is 1.67. The Morgan fingerprint density at radius 1 is 0.688 bits per heavy atom. The van der Waals surface area contributed by atoms with Gasteiger partial charge in [0.15, 0.2) is 0 Å². The Morgan fingerprint density at radius 3 is 1.66 bits per heavy atom. The van der Waals surface area contributed by atoms with Gasteiger partial charge in [-0.1, -0.05) is 74.6 Å². The maximum Gasteiger partial charge on any atom is 0.115 e. The van der Waals surface area contributed by atoms with Gasteiger partial charge in [0.25, 0.3) is 0 Å². The highest BCUT2D eigenvalue weighted by Gasteiger charge is 2.37. The van der Waals surface area contributed by atoms with E-state index in [1.54, 1.807) is 24.3 Å². The molecule has 0 aliphatic heterocycles. The number of rotatable bonds is 5. The molecule has 166 valence electrons. The number of allylic oxidation sites excluding steroid dienone is 6. The number of hydrogen-bond donors (Lipinski definition) is 3. The number of aromatic hydroxyl groups is 2. The van der Waals surface area contributed by atoms with Crippen molar-refractivity contribution >= 4 is 0 Å². The summed E-state index contributed by atoms with van der Waals surface area (Å²) in [4.78, 5) is 0. The van der Waals surface area contributed by atoms with Crippen LogP contribution in [-0.4, -0.2) is 21.4 Å². The summed E-state index contributed by atoms with van der Waals surface area (Å²) in [6.45, 7) is 6.72. The van der Waals surface area contributed by atoms with E-state index in [0.29, 0.717) is 12.3 Å². The van der Waals surface area contributed by atoms with Crippen molar-refractivity contribution in [2.45, 2.75) is 50.5 Å². The summed E-state index contributed by atoms with van der Waals surface area (Å²) >= 11 is 0. The molecule has 2 aromatic rings. The Labute approximate surface area is 190 Å². The molecule has 3 heteroatoms. The van der Waals surface area contributed by atoms with Crippen LogP contribution in [0.1, 0.15) is 44.7 Å². The molecular weight excluding hydrogens is 396 g/mol. The van der Waals surface area contributed by atoms with Crippen molar-refractivity contribution in [3.8, 4) is 11.5 Å². The lowest BCUT2D eigenvalue weighted by atomic mass is 9.64. The van der Waals surface area contributed by atoms with E-state index in [2.05, 4.69) is 45.1 Å². The smallest absolute Gasteiger partial charge is 0.115 e. The van der Waals surface area contributed by atoms with Gasteiger partial charge in [-0.15, -0.1) is 0 Å². The van der Waals surface area contributed by atoms with Gasteiger partial charge in [0.2, 0.25) is 0 Å². The molecule has 4 rings (SSSR count). The Morgan fingerprint density at radius 2 is 1.19 bits per heavy atom. The fourth-order valence-corrected chi connectivity index (χ4v) is 4.91. The second-order valence-electron chi connectivity index (χ2n) is 9.62. The van der Waals surface area contributed by atoms with Gasteiger partial charge in [-0.05, 0) is 77.6 Å². The van der Waals surface area contributed by atoms with Crippen molar-refractivity contribution in [1.29, 1.82) is 0 Å². The molecule has 0 aromatic heterocycles. The van der Waals surface area contributed by atoms with E-state index in [0.717, 1.165) is 17.6 Å². The summed E-state index contributed by atoms with van der Waals surface area (Å²) < 4.78 is 0. The summed E-state index contributed by atoms with van der Waals surface area (Å²) in [6.07, 6.45) is 14.0. The topological polar surface area (TPSA) is 60.7 Å². The lowest BCUT2D eigenvalue weighted by molar-refractivity contribution is 0.224. The minimum Gasteiger partial charge on any atom is -0.508 e. The van der Waals surface area contributed by atoms with E-state index in [1.807, 2.05) is 36.4 Å². The molecule has 0 fully saturated rings. The number of aliphatic hydroxyl groups excluding tert-OH is 1. The van der Waals surface area contributed by atoms with E-state index < -0.39 is 6.10 Å². The second kappa shape index (κ2) is 8.48. The normalized spacial score (nSPS) is 22.8. The monoisotopic (exact) mass is 428 g/mol. The lowest BCUT2D eigenvalue weighted by Gasteiger charge is -2.39. The van der Waals surface area contributed by atoms with Crippen LogP contribution in [0.4, 0.5) is 0 Å². The first kappa shape index (κ1) is 22.2. The van der Waals surface area contributed by atoms with Crippen LogP contribution in [0, 0.1) is 5.92 Å². The van der Waals surface area contributed by atoms with Gasteiger partial charge >= 0.3 is 0 Å². The molecule has 32 heavy (non-hydrogen) atoms. The molecule has 0 bridgehead atoms. The predicted molar refractivity (Wildman–Crippen MR) is 130 cm³/mol. The summed E-state index contributed by atoms with van der Waals surface area (Å²) in [5.41, 5.74) is 4.22. The largest absolute Gasteiger partial charge is 0.508 e. The zero-order chi connectivity index (χ0) is 22.9. The molecular formula is C29H32O3. The number of hydrogen-bond acceptors (Lipinski definition) is 3. The van der Waals surface area contributed by atoms with Gasteiger partial charge < -0.3 is 15.3 Å². The average Bonchev–Trinajstić information content (AvgIpc) is 2.80. The van der Waals surface area contributed by atoms with Crippen LogP contribution in [0.25, 0.3) is 0 Å². The third kappa shape index (κ3) is 4.05. The number of phenols is 2. The van der Waals surface area contributed by atoms with Crippen molar-refractivity contribution in [2.75, 3.05) is 0 Å². The lowest BCUT2D eigenvalue weighted by Crippen LogP contribution is -2.32. The minimum atomic E-state index is -0.436. The van der Waals surface area contributed by atoms with Gasteiger partial charge in [-0.25, -0.2) is 0 Å². The number of aliphatic hydroxyl groups is 1. The molecule has 2 aliphatic rings. The van der Waals surface area contributed by atoms with E-state index >= 15 is 0 Å². The highest BCUT2D eigenvalue weighted by Crippen LogP contribution is 2.46. The van der Waals surface area contributed by atoms with Gasteiger partial charge in [-0.3, -0.25) is 0 Å². The molecule has 2 aliphatic carbocycles. The molecule has 2 aromatic carbocycles. The Bertz CT molecular complexity index is 1080. The summed E-state index contributed by atoms with van der Waals surface area (Å²) in [6, 6.07) is 15.0. The molecule has 0 radical (unpaired) electrons. The van der Waals surface area contributed by atoms with Gasteiger partial charge in [0.05, 0.1) is 6.10 Å². The third-order valence-corrected chi connectivity index (χ3v) is 7.31. The van der Waals surface area contributed by atoms with Crippen molar-refractivity contribution in [2.24, 2.45) is 5.92 Å². The fraction of sp³-hybridized carbons (Fsp3) is 0.310. The van der Waals surface area contributed by atoms with Crippen LogP contribution in [0.5, 0.6) is 11.5 Å². The maximum atomic E-state index is 9.95. The minimum absolute atomic E-state index is 0.0741. The maximum absolute atomic E-state index is 9.95. The van der Waals surface area contributed by atoms with Crippen LogP contribution in [0.3, 0.4) is 0 Å². The van der Waals surface area contributed by atoms with Crippen LogP contribution in [-0.2, 0) is 10.8 Å². The summed E-state index contributed by atoms with van der Waals surface area (Å²) in [7, 11) is 0. The predicted octanol–water partition coefficient (Wildman–Crippen LogP) is 6.08. The quantitative estimate of drug-likeness (QED) is 0.541. The molecule has 0 spiro atoms. The van der Waals surface area contributed by atoms with E-state index in [1.165, 1.54) is 11.1 Å². The summed E-state index contributed by atoms with van der Waals surface area (Å²) in [5.74, 6) is 0.871. The zero-order valence-corrected chi connectivity index (χ0v) is 19.0. The van der Waals surface area contributed by atoms with Crippen molar-refractivity contribution in [3.63, 3.8) is 0 Å². The third-order valence-electron chi connectivity index (χ3n) is 7.31. The molecule has 3 unspecified atom stereocenters.